The summed E-state index contributed by atoms with van der Waals surface area (Å²) in [6.45, 7) is 3.83. The Balaban J connectivity index is 1.40. The first-order chi connectivity index (χ1) is 17.2. The first-order valence-electron chi connectivity index (χ1n) is 12.6. The Labute approximate surface area is 209 Å². The highest BCUT2D eigenvalue weighted by Crippen LogP contribution is 2.41. The van der Waals surface area contributed by atoms with Crippen molar-refractivity contribution in [2.45, 2.75) is 77.1 Å². The number of carbonyl (C=O) groups is 1. The van der Waals surface area contributed by atoms with Crippen LogP contribution in [0.3, 0.4) is 0 Å². The monoisotopic (exact) mass is 502 g/mol. The normalized spacial score (nSPS) is 17.6. The van der Waals surface area contributed by atoms with E-state index in [0.717, 1.165) is 50.6 Å². The lowest BCUT2D eigenvalue weighted by molar-refractivity contribution is -0.139. The third-order valence-corrected chi connectivity index (χ3v) is 7.26. The standard InChI is InChI=1S/C28H33F3N2O3/c1-19(22-8-9-24-17-33(14-12-27(34)35)13-11-23(24)16-22)32-36-18-20-7-10-25(21-5-3-2-4-6-21)26(15-20)28(29,30)31/h7-10,15-16,21H,2-6,11-14,17-18H2,1H3,(H,34,35)/b32-19+. The Morgan fingerprint density at radius 2 is 1.89 bits per heavy atom. The molecule has 0 spiro atoms. The first kappa shape index (κ1) is 26.2. The molecule has 2 aliphatic rings. The number of hydrogen-bond acceptors (Lipinski definition) is 4. The number of benzene rings is 2. The molecule has 0 bridgehead atoms. The van der Waals surface area contributed by atoms with Crippen LogP contribution < -0.4 is 0 Å². The summed E-state index contributed by atoms with van der Waals surface area (Å²) in [5, 5.41) is 13.1. The molecule has 5 nitrogen and oxygen atoms in total. The molecule has 2 aromatic rings. The van der Waals surface area contributed by atoms with Gasteiger partial charge in [-0.15, -0.1) is 0 Å². The Kier molecular flexibility index (Phi) is 8.34. The van der Waals surface area contributed by atoms with Crippen LogP contribution in [0.25, 0.3) is 0 Å². The Bertz CT molecular complexity index is 1110. The second-order valence-electron chi connectivity index (χ2n) is 9.86. The van der Waals surface area contributed by atoms with Crippen molar-refractivity contribution in [3.8, 4) is 0 Å². The minimum absolute atomic E-state index is 0.0288. The van der Waals surface area contributed by atoms with Gasteiger partial charge < -0.3 is 9.94 Å². The number of fused-ring (bicyclic) bond motifs is 1. The maximum Gasteiger partial charge on any atom is 0.416 e. The van der Waals surface area contributed by atoms with Gasteiger partial charge in [0.1, 0.15) is 6.61 Å². The van der Waals surface area contributed by atoms with Crippen molar-refractivity contribution in [1.82, 2.24) is 4.90 Å². The maximum absolute atomic E-state index is 13.8. The number of oxime groups is 1. The molecule has 0 atom stereocenters. The lowest BCUT2D eigenvalue weighted by Crippen LogP contribution is -2.32. The highest BCUT2D eigenvalue weighted by molar-refractivity contribution is 5.98. The van der Waals surface area contributed by atoms with Crippen molar-refractivity contribution in [2.24, 2.45) is 5.16 Å². The van der Waals surface area contributed by atoms with Gasteiger partial charge in [-0.2, -0.15) is 13.2 Å². The molecule has 1 aliphatic carbocycles. The van der Waals surface area contributed by atoms with Gasteiger partial charge >= 0.3 is 12.1 Å². The fourth-order valence-electron chi connectivity index (χ4n) is 5.25. The predicted octanol–water partition coefficient (Wildman–Crippen LogP) is 6.53. The van der Waals surface area contributed by atoms with Gasteiger partial charge in [0, 0.05) is 19.6 Å². The van der Waals surface area contributed by atoms with E-state index in [1.165, 1.54) is 17.2 Å². The summed E-state index contributed by atoms with van der Waals surface area (Å²) in [6.07, 6.45) is 1.23. The summed E-state index contributed by atoms with van der Waals surface area (Å²) >= 11 is 0. The minimum Gasteiger partial charge on any atom is -0.481 e. The average molecular weight is 503 g/mol. The van der Waals surface area contributed by atoms with E-state index >= 15 is 0 Å². The zero-order chi connectivity index (χ0) is 25.7. The smallest absolute Gasteiger partial charge is 0.416 e. The van der Waals surface area contributed by atoms with Crippen LogP contribution in [0.15, 0.2) is 41.6 Å². The lowest BCUT2D eigenvalue weighted by Gasteiger charge is -2.28. The van der Waals surface area contributed by atoms with Gasteiger partial charge in [-0.1, -0.05) is 48.7 Å². The highest BCUT2D eigenvalue weighted by Gasteiger charge is 2.35. The molecule has 4 rings (SSSR count). The molecule has 1 fully saturated rings. The van der Waals surface area contributed by atoms with E-state index in [4.69, 9.17) is 9.94 Å². The van der Waals surface area contributed by atoms with E-state index < -0.39 is 17.7 Å². The highest BCUT2D eigenvalue weighted by atomic mass is 19.4. The summed E-state index contributed by atoms with van der Waals surface area (Å²) in [4.78, 5) is 18.4. The van der Waals surface area contributed by atoms with Gasteiger partial charge in [-0.3, -0.25) is 9.69 Å². The van der Waals surface area contributed by atoms with Crippen LogP contribution in [-0.4, -0.2) is 34.8 Å². The molecule has 194 valence electrons. The number of alkyl halides is 3. The molecule has 0 aromatic heterocycles. The third-order valence-electron chi connectivity index (χ3n) is 7.26. The van der Waals surface area contributed by atoms with E-state index in [9.17, 15) is 18.0 Å². The van der Waals surface area contributed by atoms with Crippen molar-refractivity contribution in [2.75, 3.05) is 13.1 Å². The molecule has 0 radical (unpaired) electrons. The number of aliphatic carboxylic acids is 1. The summed E-state index contributed by atoms with van der Waals surface area (Å²) in [5.41, 5.74) is 4.22. The van der Waals surface area contributed by atoms with Crippen LogP contribution >= 0.6 is 0 Å². The minimum atomic E-state index is -4.39. The van der Waals surface area contributed by atoms with Crippen LogP contribution in [0, 0.1) is 0 Å². The average Bonchev–Trinajstić information content (AvgIpc) is 2.87. The van der Waals surface area contributed by atoms with Crippen LogP contribution in [0.4, 0.5) is 13.2 Å². The van der Waals surface area contributed by atoms with Crippen LogP contribution in [-0.2, 0) is 35.4 Å². The van der Waals surface area contributed by atoms with E-state index in [-0.39, 0.29) is 18.9 Å². The topological polar surface area (TPSA) is 62.1 Å². The van der Waals surface area contributed by atoms with Crippen molar-refractivity contribution in [1.29, 1.82) is 0 Å². The van der Waals surface area contributed by atoms with E-state index in [0.29, 0.717) is 29.9 Å². The molecule has 8 heteroatoms. The first-order valence-corrected chi connectivity index (χ1v) is 12.6. The van der Waals surface area contributed by atoms with Crippen molar-refractivity contribution >= 4 is 11.7 Å². The maximum atomic E-state index is 13.8. The number of rotatable bonds is 8. The van der Waals surface area contributed by atoms with Gasteiger partial charge in [0.05, 0.1) is 17.7 Å². The van der Waals surface area contributed by atoms with Gasteiger partial charge in [0.25, 0.3) is 0 Å². The van der Waals surface area contributed by atoms with Crippen molar-refractivity contribution in [3.05, 3.63) is 69.8 Å². The molecule has 1 aliphatic heterocycles. The Morgan fingerprint density at radius 3 is 2.61 bits per heavy atom. The quantitative estimate of drug-likeness (QED) is 0.329. The van der Waals surface area contributed by atoms with Crippen molar-refractivity contribution in [3.63, 3.8) is 0 Å². The molecule has 1 saturated carbocycles. The fraction of sp³-hybridized carbons (Fsp3) is 0.500. The SMILES string of the molecule is C/C(=N\OCc1ccc(C2CCCCC2)c(C(F)(F)F)c1)c1ccc2c(c1)CCN(CCC(=O)O)C2. The molecule has 0 amide bonds. The van der Waals surface area contributed by atoms with Gasteiger partial charge in [0.15, 0.2) is 0 Å². The molecule has 0 unspecified atom stereocenters. The second-order valence-corrected chi connectivity index (χ2v) is 9.86. The van der Waals surface area contributed by atoms with Gasteiger partial charge in [0.2, 0.25) is 0 Å². The molecule has 36 heavy (non-hydrogen) atoms. The predicted molar refractivity (Wildman–Crippen MR) is 132 cm³/mol. The molecular weight excluding hydrogens is 469 g/mol. The third kappa shape index (κ3) is 6.66. The van der Waals surface area contributed by atoms with E-state index in [1.54, 1.807) is 12.1 Å². The van der Waals surface area contributed by atoms with Crippen LogP contribution in [0.2, 0.25) is 0 Å². The van der Waals surface area contributed by atoms with Crippen molar-refractivity contribution < 1.29 is 27.9 Å². The zero-order valence-electron chi connectivity index (χ0n) is 20.6. The summed E-state index contributed by atoms with van der Waals surface area (Å²) < 4.78 is 41.4. The number of nitrogens with zero attached hydrogens (tertiary/aromatic N) is 2. The lowest BCUT2D eigenvalue weighted by atomic mass is 9.81. The zero-order valence-corrected chi connectivity index (χ0v) is 20.6. The summed E-state index contributed by atoms with van der Waals surface area (Å²) in [5.74, 6) is -0.823. The Morgan fingerprint density at radius 1 is 1.11 bits per heavy atom. The molecular formula is C28H33F3N2O3. The summed E-state index contributed by atoms with van der Waals surface area (Å²) in [6, 6.07) is 10.6. The number of carboxylic acids is 1. The van der Waals surface area contributed by atoms with Crippen LogP contribution in [0.1, 0.15) is 84.7 Å². The molecule has 2 aromatic carbocycles. The molecule has 1 N–H and O–H groups in total. The van der Waals surface area contributed by atoms with E-state index in [1.807, 2.05) is 19.1 Å². The molecule has 1 heterocycles. The summed E-state index contributed by atoms with van der Waals surface area (Å²) in [7, 11) is 0. The van der Waals surface area contributed by atoms with E-state index in [2.05, 4.69) is 16.1 Å². The van der Waals surface area contributed by atoms with Gasteiger partial charge in [-0.05, 0) is 72.1 Å². The fourth-order valence-corrected chi connectivity index (χ4v) is 5.25. The van der Waals surface area contributed by atoms with Gasteiger partial charge in [-0.25, -0.2) is 0 Å². The Hall–Kier alpha value is -2.87. The number of halogens is 3. The number of hydrogen-bond donors (Lipinski definition) is 1. The second kappa shape index (κ2) is 11.5. The molecule has 0 saturated heterocycles. The van der Waals surface area contributed by atoms with Crippen LogP contribution in [0.5, 0.6) is 0 Å². The number of carboxylic acid groups (broad SMARTS) is 1. The largest absolute Gasteiger partial charge is 0.481 e.